The molecule has 1 aromatic carbocycles. The van der Waals surface area contributed by atoms with Crippen molar-refractivity contribution < 1.29 is 28.2 Å². The first-order chi connectivity index (χ1) is 16.3. The van der Waals surface area contributed by atoms with Gasteiger partial charge in [0, 0.05) is 30.7 Å². The molecule has 0 radical (unpaired) electrons. The fourth-order valence-electron chi connectivity index (χ4n) is 4.93. The van der Waals surface area contributed by atoms with Crippen molar-refractivity contribution in [3.05, 3.63) is 52.1 Å². The quantitative estimate of drug-likeness (QED) is 0.608. The van der Waals surface area contributed by atoms with Gasteiger partial charge in [-0.2, -0.15) is 0 Å². The smallest absolute Gasteiger partial charge is 0.267 e. The van der Waals surface area contributed by atoms with Gasteiger partial charge >= 0.3 is 0 Å². The van der Waals surface area contributed by atoms with Crippen LogP contribution in [-0.4, -0.2) is 54.3 Å². The van der Waals surface area contributed by atoms with E-state index in [1.807, 2.05) is 0 Å². The zero-order chi connectivity index (χ0) is 24.0. The average Bonchev–Trinajstić information content (AvgIpc) is 3.54. The van der Waals surface area contributed by atoms with Crippen molar-refractivity contribution in [2.24, 2.45) is 0 Å². The number of anilines is 1. The molecule has 3 unspecified atom stereocenters. The Morgan fingerprint density at radius 1 is 1.29 bits per heavy atom. The summed E-state index contributed by atoms with van der Waals surface area (Å²) in [5, 5.41) is 8.47. The second-order valence-electron chi connectivity index (χ2n) is 8.78. The van der Waals surface area contributed by atoms with Gasteiger partial charge in [-0.3, -0.25) is 14.4 Å². The van der Waals surface area contributed by atoms with Crippen LogP contribution < -0.4 is 16.0 Å². The van der Waals surface area contributed by atoms with Crippen LogP contribution in [0.25, 0.3) is 0 Å². The maximum Gasteiger partial charge on any atom is 0.267 e. The number of halogens is 2. The highest BCUT2D eigenvalue weighted by Gasteiger charge is 2.46. The summed E-state index contributed by atoms with van der Waals surface area (Å²) in [5.74, 6) is -1.70. The Balaban J connectivity index is 1.53. The Morgan fingerprint density at radius 2 is 2.12 bits per heavy atom. The molecule has 11 heteroatoms. The van der Waals surface area contributed by atoms with Crippen molar-refractivity contribution in [3.8, 4) is 0 Å². The molecule has 2 fully saturated rings. The summed E-state index contributed by atoms with van der Waals surface area (Å²) in [6, 6.07) is 4.47. The second kappa shape index (κ2) is 8.68. The topological polar surface area (TPSA) is 111 Å². The minimum absolute atomic E-state index is 0.141. The van der Waals surface area contributed by atoms with Gasteiger partial charge in [-0.25, -0.2) is 4.39 Å². The highest BCUT2D eigenvalue weighted by atomic mass is 35.5. The van der Waals surface area contributed by atoms with Crippen LogP contribution in [-0.2, 0) is 25.6 Å². The van der Waals surface area contributed by atoms with Gasteiger partial charge in [-0.1, -0.05) is 11.6 Å². The Bertz CT molecular complexity index is 1180. The number of fused-ring (bicyclic) bond motifs is 1. The minimum Gasteiger partial charge on any atom is -0.378 e. The Morgan fingerprint density at radius 3 is 2.85 bits per heavy atom. The van der Waals surface area contributed by atoms with Crippen molar-refractivity contribution in [1.82, 2.24) is 15.2 Å². The number of hydrogen-bond acceptors (Lipinski definition) is 5. The van der Waals surface area contributed by atoms with Gasteiger partial charge < -0.3 is 30.0 Å². The van der Waals surface area contributed by atoms with Gasteiger partial charge in [-0.15, -0.1) is 0 Å². The summed E-state index contributed by atoms with van der Waals surface area (Å²) in [4.78, 5) is 38.3. The van der Waals surface area contributed by atoms with Gasteiger partial charge in [0.05, 0.1) is 29.6 Å². The Kier molecular flexibility index (Phi) is 5.83. The lowest BCUT2D eigenvalue weighted by Crippen LogP contribution is -2.41. The van der Waals surface area contributed by atoms with Gasteiger partial charge in [0.1, 0.15) is 24.2 Å². The maximum absolute atomic E-state index is 14.1. The van der Waals surface area contributed by atoms with Crippen LogP contribution in [0, 0.1) is 5.82 Å². The van der Waals surface area contributed by atoms with Crippen LogP contribution >= 0.6 is 11.6 Å². The minimum atomic E-state index is -0.878. The molecule has 0 saturated carbocycles. The third-order valence-electron chi connectivity index (χ3n) is 6.62. The van der Waals surface area contributed by atoms with E-state index < -0.39 is 29.5 Å². The van der Waals surface area contributed by atoms with E-state index in [1.54, 1.807) is 0 Å². The molecule has 2 aromatic rings. The molecular formula is C23H24ClFN4O5. The van der Waals surface area contributed by atoms with Crippen molar-refractivity contribution in [1.29, 1.82) is 0 Å². The zero-order valence-corrected chi connectivity index (χ0v) is 19.2. The molecule has 3 amide bonds. The third kappa shape index (κ3) is 3.95. The van der Waals surface area contributed by atoms with Crippen molar-refractivity contribution >= 4 is 35.0 Å². The molecule has 1 spiro atoms. The summed E-state index contributed by atoms with van der Waals surface area (Å²) in [7, 11) is 1.47. The van der Waals surface area contributed by atoms with Crippen molar-refractivity contribution in [2.75, 3.05) is 25.6 Å². The van der Waals surface area contributed by atoms with E-state index in [4.69, 9.17) is 21.1 Å². The fraction of sp³-hybridized carbons (Fsp3) is 0.435. The van der Waals surface area contributed by atoms with Gasteiger partial charge in [0.15, 0.2) is 0 Å². The Labute approximate surface area is 199 Å². The van der Waals surface area contributed by atoms with Crippen LogP contribution in [0.2, 0.25) is 5.02 Å². The average molecular weight is 491 g/mol. The molecule has 3 N–H and O–H groups in total. The predicted molar refractivity (Wildman–Crippen MR) is 120 cm³/mol. The lowest BCUT2D eigenvalue weighted by molar-refractivity contribution is -0.131. The molecule has 9 nitrogen and oxygen atoms in total. The van der Waals surface area contributed by atoms with Crippen LogP contribution in [0.1, 0.15) is 47.1 Å². The summed E-state index contributed by atoms with van der Waals surface area (Å²) >= 11 is 6.35. The molecule has 4 heterocycles. The van der Waals surface area contributed by atoms with Crippen LogP contribution in [0.3, 0.4) is 0 Å². The fourth-order valence-corrected chi connectivity index (χ4v) is 5.16. The monoisotopic (exact) mass is 490 g/mol. The molecule has 2 saturated heterocycles. The maximum atomic E-state index is 14.1. The molecule has 180 valence electrons. The van der Waals surface area contributed by atoms with E-state index in [-0.39, 0.29) is 29.1 Å². The van der Waals surface area contributed by atoms with Crippen molar-refractivity contribution in [3.63, 3.8) is 0 Å². The second-order valence-corrected chi connectivity index (χ2v) is 9.19. The number of nitrogens with zero attached hydrogens (tertiary/aromatic N) is 1. The zero-order valence-electron chi connectivity index (χ0n) is 18.5. The van der Waals surface area contributed by atoms with E-state index in [0.29, 0.717) is 36.6 Å². The number of carbonyl (C=O) groups is 3. The number of amides is 3. The summed E-state index contributed by atoms with van der Waals surface area (Å²) < 4.78 is 27.1. The summed E-state index contributed by atoms with van der Waals surface area (Å²) in [5.41, 5.74) is 0.818. The Hall–Kier alpha value is -2.95. The summed E-state index contributed by atoms with van der Waals surface area (Å²) in [6.45, 7) is 0.926. The molecule has 1 aromatic heterocycles. The van der Waals surface area contributed by atoms with E-state index in [9.17, 15) is 18.8 Å². The lowest BCUT2D eigenvalue weighted by atomic mass is 9.99. The van der Waals surface area contributed by atoms with Crippen molar-refractivity contribution in [2.45, 2.75) is 43.6 Å². The first kappa shape index (κ1) is 22.8. The molecule has 3 aliphatic rings. The molecular weight excluding hydrogens is 467 g/mol. The van der Waals surface area contributed by atoms with Crippen LogP contribution in [0.15, 0.2) is 24.3 Å². The standard InChI is InChI=1S/C23H24ClFN4O5/c1-26-21(31)16-9-15(27-22(32)17-4-5-23(34-17)6-7-33-11-23)20-19(28-18(30)10-29(16)20)13-8-12(25)2-3-14(13)24/h2-3,8-9,17,19H,4-7,10-11H2,1H3,(H,26,31)(H,27,32)(H,28,30). The first-order valence-electron chi connectivity index (χ1n) is 11.1. The van der Waals surface area contributed by atoms with Crippen LogP contribution in [0.5, 0.6) is 0 Å². The number of nitrogens with one attached hydrogen (secondary N) is 3. The van der Waals surface area contributed by atoms with Gasteiger partial charge in [0.25, 0.3) is 11.8 Å². The number of benzene rings is 1. The van der Waals surface area contributed by atoms with E-state index >= 15 is 0 Å². The molecule has 0 bridgehead atoms. The lowest BCUT2D eigenvalue weighted by Gasteiger charge is -2.29. The van der Waals surface area contributed by atoms with E-state index in [0.717, 1.165) is 12.8 Å². The van der Waals surface area contributed by atoms with E-state index in [2.05, 4.69) is 16.0 Å². The highest BCUT2D eigenvalue weighted by molar-refractivity contribution is 6.31. The summed E-state index contributed by atoms with van der Waals surface area (Å²) in [6.07, 6.45) is 1.34. The number of rotatable bonds is 4. The number of hydrogen-bond donors (Lipinski definition) is 3. The molecule has 34 heavy (non-hydrogen) atoms. The van der Waals surface area contributed by atoms with Gasteiger partial charge in [0.2, 0.25) is 5.91 Å². The molecule has 3 atom stereocenters. The molecule has 3 aliphatic heterocycles. The van der Waals surface area contributed by atoms with Crippen LogP contribution in [0.4, 0.5) is 10.1 Å². The largest absolute Gasteiger partial charge is 0.378 e. The SMILES string of the molecule is CNC(=O)c1cc(NC(=O)C2CCC3(CCOC3)O2)c2n1CC(=O)NC2c1cc(F)ccc1Cl. The number of carbonyl (C=O) groups excluding carboxylic acids is 3. The van der Waals surface area contributed by atoms with E-state index in [1.165, 1.54) is 35.9 Å². The molecule has 0 aliphatic carbocycles. The first-order valence-corrected chi connectivity index (χ1v) is 11.4. The molecule has 5 rings (SSSR count). The normalized spacial score (nSPS) is 25.8. The number of aromatic nitrogens is 1. The third-order valence-corrected chi connectivity index (χ3v) is 6.96. The highest BCUT2D eigenvalue weighted by Crippen LogP contribution is 2.40. The number of ether oxygens (including phenoxy) is 2. The van der Waals surface area contributed by atoms with Gasteiger partial charge in [-0.05, 0) is 37.1 Å². The predicted octanol–water partition coefficient (Wildman–Crippen LogP) is 2.14.